The van der Waals surface area contributed by atoms with Gasteiger partial charge in [0.2, 0.25) is 0 Å². The maximum atomic E-state index is 13.7. The predicted molar refractivity (Wildman–Crippen MR) is 157 cm³/mol. The van der Waals surface area contributed by atoms with Crippen LogP contribution in [0.15, 0.2) is 60.2 Å². The van der Waals surface area contributed by atoms with Gasteiger partial charge in [0.15, 0.2) is 28.1 Å². The molecule has 3 aromatic carbocycles. The number of carbonyl (C=O) groups excluding carboxylic acids is 2. The van der Waals surface area contributed by atoms with E-state index < -0.39 is 17.7 Å². The molecule has 1 aromatic heterocycles. The number of ketones is 1. The summed E-state index contributed by atoms with van der Waals surface area (Å²) in [6.07, 6.45) is 0. The molecule has 3 heterocycles. The number of methoxy groups -OCH3 is 1. The van der Waals surface area contributed by atoms with Gasteiger partial charge >= 0.3 is 5.91 Å². The van der Waals surface area contributed by atoms with Crippen molar-refractivity contribution in [3.05, 3.63) is 71.3 Å². The van der Waals surface area contributed by atoms with Gasteiger partial charge < -0.3 is 28.8 Å². The summed E-state index contributed by atoms with van der Waals surface area (Å²) in [7, 11) is 1.57. The average Bonchev–Trinajstić information content (AvgIpc) is 3.54. The summed E-state index contributed by atoms with van der Waals surface area (Å²) in [5.41, 5.74) is 1.41. The van der Waals surface area contributed by atoms with E-state index in [0.717, 1.165) is 4.70 Å². The first-order valence-electron chi connectivity index (χ1n) is 13.5. The third-order valence-corrected chi connectivity index (χ3v) is 7.95. The fourth-order valence-electron chi connectivity index (χ4n) is 5.05. The lowest BCUT2D eigenvalue weighted by molar-refractivity contribution is -0.132. The van der Waals surface area contributed by atoms with Crippen molar-refractivity contribution in [2.45, 2.75) is 19.9 Å². The van der Waals surface area contributed by atoms with Crippen molar-refractivity contribution >= 4 is 44.1 Å². The van der Waals surface area contributed by atoms with Crippen molar-refractivity contribution < 1.29 is 38.4 Å². The number of aliphatic hydroxyl groups is 1. The lowest BCUT2D eigenvalue weighted by Gasteiger charge is -2.24. The molecule has 2 aliphatic rings. The first-order chi connectivity index (χ1) is 20.4. The Hall–Kier alpha value is -4.77. The highest BCUT2D eigenvalue weighted by Crippen LogP contribution is 2.46. The van der Waals surface area contributed by atoms with Crippen LogP contribution >= 0.6 is 11.3 Å². The van der Waals surface area contributed by atoms with Crippen LogP contribution in [0, 0.1) is 0 Å². The van der Waals surface area contributed by atoms with Crippen molar-refractivity contribution in [2.24, 2.45) is 0 Å². The summed E-state index contributed by atoms with van der Waals surface area (Å²) in [5, 5.41) is 11.9. The van der Waals surface area contributed by atoms with Crippen LogP contribution in [-0.2, 0) is 9.59 Å². The Bertz CT molecular complexity index is 1730. The normalized spacial score (nSPS) is 17.5. The van der Waals surface area contributed by atoms with Crippen molar-refractivity contribution in [2.75, 3.05) is 38.4 Å². The van der Waals surface area contributed by atoms with Crippen molar-refractivity contribution in [1.29, 1.82) is 0 Å². The smallest absolute Gasteiger partial charge is 0.301 e. The van der Waals surface area contributed by atoms with E-state index in [9.17, 15) is 14.7 Å². The SMILES string of the molecule is CCOc1ccc(C2/C(=C(\O)c3ccc4c(c3)OCCO4)C(=O)C(=O)N2c2nc3ccc(OC)cc3s2)cc1OCC. The molecule has 1 fully saturated rings. The van der Waals surface area contributed by atoms with Gasteiger partial charge in [-0.05, 0) is 67.9 Å². The van der Waals surface area contributed by atoms with E-state index in [1.807, 2.05) is 19.9 Å². The number of carbonyl (C=O) groups is 2. The Labute approximate surface area is 245 Å². The molecule has 0 spiro atoms. The summed E-state index contributed by atoms with van der Waals surface area (Å²) >= 11 is 1.25. The monoisotopic (exact) mass is 588 g/mol. The number of aliphatic hydroxyl groups excluding tert-OH is 1. The van der Waals surface area contributed by atoms with Gasteiger partial charge in [0, 0.05) is 5.56 Å². The van der Waals surface area contributed by atoms with E-state index in [4.69, 9.17) is 23.7 Å². The maximum absolute atomic E-state index is 13.7. The number of anilines is 1. The Morgan fingerprint density at radius 2 is 1.74 bits per heavy atom. The van der Waals surface area contributed by atoms with Gasteiger partial charge in [-0.3, -0.25) is 14.5 Å². The van der Waals surface area contributed by atoms with Crippen LogP contribution in [0.4, 0.5) is 5.13 Å². The van der Waals surface area contributed by atoms with E-state index in [-0.39, 0.29) is 11.3 Å². The molecule has 10 nitrogen and oxygen atoms in total. The second kappa shape index (κ2) is 11.2. The van der Waals surface area contributed by atoms with Gasteiger partial charge in [-0.1, -0.05) is 17.4 Å². The van der Waals surface area contributed by atoms with Crippen LogP contribution in [0.25, 0.3) is 16.0 Å². The largest absolute Gasteiger partial charge is 0.507 e. The molecule has 1 amide bonds. The molecule has 4 aromatic rings. The Balaban J connectivity index is 1.54. The minimum atomic E-state index is -1.00. The lowest BCUT2D eigenvalue weighted by Crippen LogP contribution is -2.29. The number of amides is 1. The third-order valence-electron chi connectivity index (χ3n) is 6.93. The molecule has 2 aliphatic heterocycles. The summed E-state index contributed by atoms with van der Waals surface area (Å²) in [4.78, 5) is 33.4. The minimum absolute atomic E-state index is 0.0832. The summed E-state index contributed by atoms with van der Waals surface area (Å²) < 4.78 is 29.0. The number of aromatic nitrogens is 1. The number of hydrogen-bond acceptors (Lipinski definition) is 10. The zero-order valence-electron chi connectivity index (χ0n) is 23.2. The first kappa shape index (κ1) is 27.4. The van der Waals surface area contributed by atoms with Gasteiger partial charge in [-0.2, -0.15) is 0 Å². The average molecular weight is 589 g/mol. The Morgan fingerprint density at radius 3 is 2.50 bits per heavy atom. The Kier molecular flexibility index (Phi) is 7.34. The number of thiazole rings is 1. The van der Waals surface area contributed by atoms with Crippen molar-refractivity contribution in [1.82, 2.24) is 4.98 Å². The molecular weight excluding hydrogens is 560 g/mol. The predicted octanol–water partition coefficient (Wildman–Crippen LogP) is 5.50. The van der Waals surface area contributed by atoms with Crippen LogP contribution in [0.3, 0.4) is 0 Å². The first-order valence-corrected chi connectivity index (χ1v) is 14.3. The number of rotatable bonds is 8. The molecule has 216 valence electrons. The molecule has 0 aliphatic carbocycles. The van der Waals surface area contributed by atoms with E-state index in [1.54, 1.807) is 55.6 Å². The second-order valence-electron chi connectivity index (χ2n) is 9.43. The van der Waals surface area contributed by atoms with Crippen molar-refractivity contribution in [3.8, 4) is 28.7 Å². The third kappa shape index (κ3) is 4.75. The van der Waals surface area contributed by atoms with Gasteiger partial charge in [0.25, 0.3) is 5.78 Å². The minimum Gasteiger partial charge on any atom is -0.507 e. The fourth-order valence-corrected chi connectivity index (χ4v) is 6.07. The summed E-state index contributed by atoms with van der Waals surface area (Å²) in [6.45, 7) is 5.30. The highest BCUT2D eigenvalue weighted by atomic mass is 32.1. The van der Waals surface area contributed by atoms with Gasteiger partial charge in [0.1, 0.15) is 24.7 Å². The molecule has 42 heavy (non-hydrogen) atoms. The number of fused-ring (bicyclic) bond motifs is 2. The van der Waals surface area contributed by atoms with Crippen LogP contribution < -0.4 is 28.6 Å². The zero-order valence-corrected chi connectivity index (χ0v) is 24.0. The summed E-state index contributed by atoms with van der Waals surface area (Å²) in [6, 6.07) is 14.5. The van der Waals surface area contributed by atoms with E-state index in [2.05, 4.69) is 4.98 Å². The number of ether oxygens (including phenoxy) is 5. The molecular formula is C31H28N2O8S. The van der Waals surface area contributed by atoms with Gasteiger partial charge in [-0.25, -0.2) is 4.98 Å². The molecule has 0 radical (unpaired) electrons. The van der Waals surface area contributed by atoms with E-state index >= 15 is 0 Å². The molecule has 6 rings (SSSR count). The summed E-state index contributed by atoms with van der Waals surface area (Å²) in [5.74, 6) is 0.613. The number of benzene rings is 3. The highest BCUT2D eigenvalue weighted by Gasteiger charge is 2.48. The lowest BCUT2D eigenvalue weighted by atomic mass is 9.95. The fraction of sp³-hybridized carbons (Fsp3) is 0.258. The zero-order chi connectivity index (χ0) is 29.4. The number of hydrogen-bond donors (Lipinski definition) is 1. The Morgan fingerprint density at radius 1 is 0.976 bits per heavy atom. The van der Waals surface area contributed by atoms with E-state index in [0.29, 0.717) is 77.0 Å². The van der Waals surface area contributed by atoms with Crippen LogP contribution in [0.2, 0.25) is 0 Å². The van der Waals surface area contributed by atoms with Crippen LogP contribution in [-0.4, -0.2) is 55.3 Å². The molecule has 1 unspecified atom stereocenters. The quantitative estimate of drug-likeness (QED) is 0.162. The standard InChI is InChI=1S/C31H28N2O8S/c1-4-38-21-10-6-17(14-23(21)39-5-2)27-26(28(34)18-7-11-22-24(15-18)41-13-12-40-22)29(35)30(36)33(27)31-32-20-9-8-19(37-3)16-25(20)42-31/h6-11,14-16,27,34H,4-5,12-13H2,1-3H3/b28-26+. The maximum Gasteiger partial charge on any atom is 0.301 e. The van der Waals surface area contributed by atoms with Crippen molar-refractivity contribution in [3.63, 3.8) is 0 Å². The highest BCUT2D eigenvalue weighted by molar-refractivity contribution is 7.22. The number of Topliss-reactive ketones (excluding diaryl/α,β-unsaturated/α-hetero) is 1. The van der Waals surface area contributed by atoms with Crippen LogP contribution in [0.1, 0.15) is 31.0 Å². The second-order valence-corrected chi connectivity index (χ2v) is 10.4. The topological polar surface area (TPSA) is 117 Å². The molecule has 11 heteroatoms. The molecule has 1 saturated heterocycles. The van der Waals surface area contributed by atoms with E-state index in [1.165, 1.54) is 16.2 Å². The van der Waals surface area contributed by atoms with Gasteiger partial charge in [-0.15, -0.1) is 0 Å². The molecule has 1 atom stereocenters. The van der Waals surface area contributed by atoms with Crippen LogP contribution in [0.5, 0.6) is 28.7 Å². The molecule has 0 saturated carbocycles. The van der Waals surface area contributed by atoms with Gasteiger partial charge in [0.05, 0.1) is 42.2 Å². The molecule has 1 N–H and O–H groups in total. The number of nitrogens with zero attached hydrogens (tertiary/aromatic N) is 2. The molecule has 0 bridgehead atoms.